The van der Waals surface area contributed by atoms with Crippen LogP contribution in [0.4, 0.5) is 0 Å². The van der Waals surface area contributed by atoms with Crippen LogP contribution in [0.15, 0.2) is 75.4 Å². The molecule has 0 atom stereocenters. The summed E-state index contributed by atoms with van der Waals surface area (Å²) in [6.07, 6.45) is 0.748. The van der Waals surface area contributed by atoms with Crippen molar-refractivity contribution in [2.75, 3.05) is 20.3 Å². The normalized spacial score (nSPS) is 10.7. The zero-order valence-corrected chi connectivity index (χ0v) is 17.4. The maximum absolute atomic E-state index is 12.3. The first kappa shape index (κ1) is 21.1. The first-order valence-corrected chi connectivity index (χ1v) is 10.2. The van der Waals surface area contributed by atoms with E-state index in [4.69, 9.17) is 16.3 Å². The molecule has 0 saturated carbocycles. The van der Waals surface area contributed by atoms with Gasteiger partial charge in [-0.25, -0.2) is 0 Å². The van der Waals surface area contributed by atoms with Gasteiger partial charge in [0.05, 0.1) is 5.69 Å². The summed E-state index contributed by atoms with van der Waals surface area (Å²) in [7, 11) is 1.62. The number of hydrogen-bond donors (Lipinski definition) is 1. The van der Waals surface area contributed by atoms with Crippen LogP contribution in [-0.4, -0.2) is 35.9 Å². The highest BCUT2D eigenvalue weighted by Crippen LogP contribution is 2.26. The molecule has 3 aromatic rings. The van der Waals surface area contributed by atoms with Gasteiger partial charge in [-0.05, 0) is 61.0 Å². The number of ether oxygens (including phenoxy) is 1. The van der Waals surface area contributed by atoms with Crippen molar-refractivity contribution in [3.05, 3.63) is 81.6 Å². The molecule has 0 radical (unpaired) electrons. The molecular formula is C21H20ClN3O3S. The van der Waals surface area contributed by atoms with E-state index in [0.717, 1.165) is 11.3 Å². The standard InChI is InChI=1S/C21H20ClN3O3S/c1-28-14-2-13-23-21(27)15-3-7-17(8-4-15)25-20(26)12-11-19(24-25)29-18-9-5-16(22)6-10-18/h3-12H,2,13-14H2,1H3,(H,23,27). The predicted octanol–water partition coefficient (Wildman–Crippen LogP) is 3.80. The highest BCUT2D eigenvalue weighted by atomic mass is 35.5. The van der Waals surface area contributed by atoms with Crippen molar-refractivity contribution in [1.29, 1.82) is 0 Å². The summed E-state index contributed by atoms with van der Waals surface area (Å²) in [5.41, 5.74) is 0.859. The second-order valence-electron chi connectivity index (χ2n) is 6.13. The molecule has 6 nitrogen and oxygen atoms in total. The van der Waals surface area contributed by atoms with Crippen LogP contribution in [0.25, 0.3) is 5.69 Å². The fraction of sp³-hybridized carbons (Fsp3) is 0.190. The van der Waals surface area contributed by atoms with Crippen molar-refractivity contribution in [2.45, 2.75) is 16.3 Å². The van der Waals surface area contributed by atoms with E-state index in [-0.39, 0.29) is 11.5 Å². The smallest absolute Gasteiger partial charge is 0.271 e. The Bertz CT molecular complexity index is 1020. The molecule has 0 aliphatic rings. The van der Waals surface area contributed by atoms with E-state index in [1.54, 1.807) is 49.6 Å². The summed E-state index contributed by atoms with van der Waals surface area (Å²) >= 11 is 7.34. The number of hydrogen-bond acceptors (Lipinski definition) is 5. The number of carbonyl (C=O) groups excluding carboxylic acids is 1. The summed E-state index contributed by atoms with van der Waals surface area (Å²) in [4.78, 5) is 25.4. The van der Waals surface area contributed by atoms with Gasteiger partial charge in [0.1, 0.15) is 5.03 Å². The Morgan fingerprint density at radius 1 is 1.10 bits per heavy atom. The lowest BCUT2D eigenvalue weighted by molar-refractivity contribution is 0.0948. The van der Waals surface area contributed by atoms with E-state index < -0.39 is 0 Å². The molecule has 1 aromatic heterocycles. The van der Waals surface area contributed by atoms with Gasteiger partial charge >= 0.3 is 0 Å². The molecule has 0 aliphatic carbocycles. The number of aromatic nitrogens is 2. The second-order valence-corrected chi connectivity index (χ2v) is 7.66. The molecule has 3 rings (SSSR count). The van der Waals surface area contributed by atoms with Crippen molar-refractivity contribution in [3.8, 4) is 5.69 Å². The third-order valence-electron chi connectivity index (χ3n) is 4.00. The maximum Gasteiger partial charge on any atom is 0.271 e. The Kier molecular flexibility index (Phi) is 7.46. The van der Waals surface area contributed by atoms with Gasteiger partial charge in [0.25, 0.3) is 11.5 Å². The van der Waals surface area contributed by atoms with Gasteiger partial charge in [0.2, 0.25) is 0 Å². The molecule has 29 heavy (non-hydrogen) atoms. The van der Waals surface area contributed by atoms with Gasteiger partial charge in [-0.2, -0.15) is 9.78 Å². The fourth-order valence-corrected chi connectivity index (χ4v) is 3.43. The summed E-state index contributed by atoms with van der Waals surface area (Å²) in [5, 5.41) is 8.59. The van der Waals surface area contributed by atoms with Gasteiger partial charge in [-0.15, -0.1) is 0 Å². The molecule has 0 aliphatic heterocycles. The molecule has 1 N–H and O–H groups in total. The van der Waals surface area contributed by atoms with E-state index in [9.17, 15) is 9.59 Å². The van der Waals surface area contributed by atoms with Gasteiger partial charge in [0.15, 0.2) is 0 Å². The fourth-order valence-electron chi connectivity index (χ4n) is 2.53. The van der Waals surface area contributed by atoms with Crippen LogP contribution < -0.4 is 10.9 Å². The number of rotatable bonds is 8. The lowest BCUT2D eigenvalue weighted by Gasteiger charge is -2.08. The third kappa shape index (κ3) is 5.93. The van der Waals surface area contributed by atoms with Gasteiger partial charge in [-0.1, -0.05) is 23.4 Å². The number of benzene rings is 2. The number of halogens is 1. The quantitative estimate of drug-likeness (QED) is 0.551. The zero-order chi connectivity index (χ0) is 20.6. The Labute approximate surface area is 177 Å². The highest BCUT2D eigenvalue weighted by Gasteiger charge is 2.08. The number of nitrogens with one attached hydrogen (secondary N) is 1. The lowest BCUT2D eigenvalue weighted by Crippen LogP contribution is -2.25. The Balaban J connectivity index is 1.73. The summed E-state index contributed by atoms with van der Waals surface area (Å²) in [6.45, 7) is 1.14. The van der Waals surface area contributed by atoms with E-state index in [1.165, 1.54) is 22.5 Å². The largest absolute Gasteiger partial charge is 0.385 e. The lowest BCUT2D eigenvalue weighted by atomic mass is 10.2. The number of methoxy groups -OCH3 is 1. The van der Waals surface area contributed by atoms with E-state index in [1.807, 2.05) is 12.1 Å². The zero-order valence-electron chi connectivity index (χ0n) is 15.8. The minimum Gasteiger partial charge on any atom is -0.385 e. The van der Waals surface area contributed by atoms with Crippen molar-refractivity contribution in [2.24, 2.45) is 0 Å². The molecule has 0 bridgehead atoms. The molecular weight excluding hydrogens is 410 g/mol. The summed E-state index contributed by atoms with van der Waals surface area (Å²) in [6, 6.07) is 17.3. The molecule has 0 spiro atoms. The molecule has 1 heterocycles. The second kappa shape index (κ2) is 10.2. The topological polar surface area (TPSA) is 73.2 Å². The predicted molar refractivity (Wildman–Crippen MR) is 114 cm³/mol. The van der Waals surface area contributed by atoms with Crippen LogP contribution >= 0.6 is 23.4 Å². The van der Waals surface area contributed by atoms with Crippen molar-refractivity contribution in [1.82, 2.24) is 15.1 Å². The van der Waals surface area contributed by atoms with Gasteiger partial charge in [0, 0.05) is 41.8 Å². The summed E-state index contributed by atoms with van der Waals surface area (Å²) in [5.74, 6) is -0.167. The average molecular weight is 430 g/mol. The minimum atomic E-state index is -0.248. The number of carbonyl (C=O) groups is 1. The van der Waals surface area contributed by atoms with Gasteiger partial charge in [-0.3, -0.25) is 9.59 Å². The van der Waals surface area contributed by atoms with Crippen LogP contribution in [-0.2, 0) is 4.74 Å². The molecule has 0 saturated heterocycles. The van der Waals surface area contributed by atoms with Crippen LogP contribution in [0.5, 0.6) is 0 Å². The molecule has 0 fully saturated rings. The van der Waals surface area contributed by atoms with Crippen LogP contribution in [0, 0.1) is 0 Å². The maximum atomic E-state index is 12.3. The molecule has 8 heteroatoms. The first-order chi connectivity index (χ1) is 14.1. The van der Waals surface area contributed by atoms with Crippen molar-refractivity contribution < 1.29 is 9.53 Å². The Morgan fingerprint density at radius 3 is 2.52 bits per heavy atom. The van der Waals surface area contributed by atoms with Crippen LogP contribution in [0.2, 0.25) is 5.02 Å². The molecule has 2 aromatic carbocycles. The van der Waals surface area contributed by atoms with E-state index in [2.05, 4.69) is 10.4 Å². The average Bonchev–Trinajstić information content (AvgIpc) is 2.74. The molecule has 150 valence electrons. The molecule has 0 unspecified atom stereocenters. The van der Waals surface area contributed by atoms with Gasteiger partial charge < -0.3 is 10.1 Å². The minimum absolute atomic E-state index is 0.167. The van der Waals surface area contributed by atoms with Crippen LogP contribution in [0.1, 0.15) is 16.8 Å². The van der Waals surface area contributed by atoms with Crippen LogP contribution in [0.3, 0.4) is 0 Å². The van der Waals surface area contributed by atoms with E-state index >= 15 is 0 Å². The van der Waals surface area contributed by atoms with Crippen molar-refractivity contribution >= 4 is 29.3 Å². The Hall–Kier alpha value is -2.61. The first-order valence-electron chi connectivity index (χ1n) is 8.98. The number of nitrogens with zero attached hydrogens (tertiary/aromatic N) is 2. The Morgan fingerprint density at radius 2 is 1.83 bits per heavy atom. The number of amides is 1. The monoisotopic (exact) mass is 429 g/mol. The highest BCUT2D eigenvalue weighted by molar-refractivity contribution is 7.99. The summed E-state index contributed by atoms with van der Waals surface area (Å²) < 4.78 is 6.28. The third-order valence-corrected chi connectivity index (χ3v) is 5.18. The van der Waals surface area contributed by atoms with Crippen molar-refractivity contribution in [3.63, 3.8) is 0 Å². The molecule has 1 amide bonds. The SMILES string of the molecule is COCCCNC(=O)c1ccc(-n2nc(Sc3ccc(Cl)cc3)ccc2=O)cc1. The van der Waals surface area contributed by atoms with E-state index in [0.29, 0.717) is 34.5 Å².